The van der Waals surface area contributed by atoms with Crippen LogP contribution >= 0.6 is 0 Å². The van der Waals surface area contributed by atoms with Crippen LogP contribution in [0.15, 0.2) is 30.3 Å². The van der Waals surface area contributed by atoms with Crippen molar-refractivity contribution >= 4 is 5.78 Å². The van der Waals surface area contributed by atoms with E-state index >= 15 is 0 Å². The molecular formula is C15H21NO. The van der Waals surface area contributed by atoms with Gasteiger partial charge in [-0.05, 0) is 25.8 Å². The van der Waals surface area contributed by atoms with E-state index in [-0.39, 0.29) is 5.54 Å². The number of nitrogens with zero attached hydrogens (tertiary/aromatic N) is 1. The van der Waals surface area contributed by atoms with Crippen LogP contribution in [0, 0.1) is 0 Å². The van der Waals surface area contributed by atoms with Crippen LogP contribution in [0.4, 0.5) is 0 Å². The van der Waals surface area contributed by atoms with Crippen LogP contribution in [0.2, 0.25) is 0 Å². The monoisotopic (exact) mass is 231 g/mol. The fraction of sp³-hybridized carbons (Fsp3) is 0.533. The first-order valence-corrected chi connectivity index (χ1v) is 6.39. The lowest BCUT2D eigenvalue weighted by Gasteiger charge is -2.41. The molecule has 1 fully saturated rings. The number of carbonyl (C=O) groups is 1. The van der Waals surface area contributed by atoms with Crippen LogP contribution in [0.1, 0.15) is 32.3 Å². The van der Waals surface area contributed by atoms with E-state index in [1.54, 1.807) is 0 Å². The van der Waals surface area contributed by atoms with E-state index < -0.39 is 0 Å². The second-order valence-corrected chi connectivity index (χ2v) is 5.50. The molecule has 17 heavy (non-hydrogen) atoms. The molecule has 92 valence electrons. The molecule has 0 aromatic heterocycles. The Bertz CT molecular complexity index is 383. The maximum Gasteiger partial charge on any atom is 0.136 e. The van der Waals surface area contributed by atoms with Crippen LogP contribution in [0.3, 0.4) is 0 Å². The Balaban J connectivity index is 1.93. The van der Waals surface area contributed by atoms with Crippen molar-refractivity contribution in [1.82, 2.24) is 4.90 Å². The summed E-state index contributed by atoms with van der Waals surface area (Å²) in [5.74, 6) is 0.408. The molecular weight excluding hydrogens is 210 g/mol. The van der Waals surface area contributed by atoms with Crippen LogP contribution < -0.4 is 0 Å². The third kappa shape index (κ3) is 3.16. The zero-order valence-electron chi connectivity index (χ0n) is 10.8. The molecule has 0 bridgehead atoms. The normalized spacial score (nSPS) is 20.5. The fourth-order valence-electron chi connectivity index (χ4n) is 2.57. The predicted molar refractivity (Wildman–Crippen MR) is 70.0 cm³/mol. The highest BCUT2D eigenvalue weighted by atomic mass is 16.1. The molecule has 0 spiro atoms. The van der Waals surface area contributed by atoms with Gasteiger partial charge < -0.3 is 0 Å². The van der Waals surface area contributed by atoms with Gasteiger partial charge in [-0.25, -0.2) is 0 Å². The zero-order chi connectivity index (χ0) is 12.3. The molecule has 1 aliphatic heterocycles. The highest BCUT2D eigenvalue weighted by Crippen LogP contribution is 2.25. The van der Waals surface area contributed by atoms with Crippen LogP contribution in [0.5, 0.6) is 0 Å². The Labute approximate surface area is 104 Å². The summed E-state index contributed by atoms with van der Waals surface area (Å²) in [7, 11) is 0. The van der Waals surface area contributed by atoms with Gasteiger partial charge in [0.25, 0.3) is 0 Å². The summed E-state index contributed by atoms with van der Waals surface area (Å²) in [4.78, 5) is 13.9. The van der Waals surface area contributed by atoms with Crippen molar-refractivity contribution in [2.24, 2.45) is 0 Å². The van der Waals surface area contributed by atoms with E-state index in [0.29, 0.717) is 12.2 Å². The summed E-state index contributed by atoms with van der Waals surface area (Å²) in [5.41, 5.74) is 1.41. The van der Waals surface area contributed by atoms with Gasteiger partial charge in [-0.3, -0.25) is 9.69 Å². The average Bonchev–Trinajstić information content (AvgIpc) is 2.28. The Morgan fingerprint density at radius 1 is 1.24 bits per heavy atom. The van der Waals surface area contributed by atoms with E-state index in [2.05, 4.69) is 43.0 Å². The number of hydrogen-bond donors (Lipinski definition) is 0. The molecule has 1 heterocycles. The smallest absolute Gasteiger partial charge is 0.136 e. The molecule has 0 N–H and O–H groups in total. The maximum atomic E-state index is 11.5. The summed E-state index contributed by atoms with van der Waals surface area (Å²) in [6, 6.07) is 10.6. The summed E-state index contributed by atoms with van der Waals surface area (Å²) in [6.45, 7) is 6.31. The van der Waals surface area contributed by atoms with Crippen molar-refractivity contribution in [3.8, 4) is 0 Å². The molecule has 0 aliphatic carbocycles. The van der Waals surface area contributed by atoms with E-state index in [1.807, 2.05) is 6.07 Å². The van der Waals surface area contributed by atoms with Crippen LogP contribution in [-0.4, -0.2) is 29.3 Å². The summed E-state index contributed by atoms with van der Waals surface area (Å²) < 4.78 is 0. The van der Waals surface area contributed by atoms with Crippen LogP contribution in [0.25, 0.3) is 0 Å². The Kier molecular flexibility index (Phi) is 3.63. The summed E-state index contributed by atoms with van der Waals surface area (Å²) >= 11 is 0. The standard InChI is InChI=1S/C15H21NO/c1-15(2)12-14(17)9-11-16(15)10-8-13-6-4-3-5-7-13/h3-7H,8-12H2,1-2H3. The number of ketones is 1. The Morgan fingerprint density at radius 2 is 1.94 bits per heavy atom. The van der Waals surface area contributed by atoms with Gasteiger partial charge in [0.15, 0.2) is 0 Å². The molecule has 1 aliphatic rings. The number of likely N-dealkylation sites (tertiary alicyclic amines) is 1. The summed E-state index contributed by atoms with van der Waals surface area (Å²) in [6.07, 6.45) is 2.48. The molecule has 1 aromatic rings. The van der Waals surface area contributed by atoms with Gasteiger partial charge in [0.05, 0.1) is 0 Å². The van der Waals surface area contributed by atoms with Gasteiger partial charge in [-0.2, -0.15) is 0 Å². The molecule has 0 saturated carbocycles. The minimum Gasteiger partial charge on any atom is -0.300 e. The van der Waals surface area contributed by atoms with E-state index in [9.17, 15) is 4.79 Å². The topological polar surface area (TPSA) is 20.3 Å². The third-order valence-electron chi connectivity index (χ3n) is 3.66. The molecule has 2 heteroatoms. The number of rotatable bonds is 3. The highest BCUT2D eigenvalue weighted by Gasteiger charge is 2.33. The molecule has 1 saturated heterocycles. The third-order valence-corrected chi connectivity index (χ3v) is 3.66. The SMILES string of the molecule is CC1(C)CC(=O)CCN1CCc1ccccc1. The minimum absolute atomic E-state index is 0.0319. The molecule has 0 atom stereocenters. The Hall–Kier alpha value is -1.15. The quantitative estimate of drug-likeness (QED) is 0.797. The van der Waals surface area contributed by atoms with Gasteiger partial charge in [-0.1, -0.05) is 30.3 Å². The molecule has 1 aromatic carbocycles. The second-order valence-electron chi connectivity index (χ2n) is 5.50. The largest absolute Gasteiger partial charge is 0.300 e. The van der Waals surface area contributed by atoms with Crippen molar-refractivity contribution in [2.75, 3.05) is 13.1 Å². The van der Waals surface area contributed by atoms with Gasteiger partial charge in [-0.15, -0.1) is 0 Å². The van der Waals surface area contributed by atoms with Crippen molar-refractivity contribution < 1.29 is 4.79 Å². The van der Waals surface area contributed by atoms with Gasteiger partial charge in [0, 0.05) is 31.5 Å². The lowest BCUT2D eigenvalue weighted by Crippen LogP contribution is -2.50. The van der Waals surface area contributed by atoms with Gasteiger partial charge in [0.2, 0.25) is 0 Å². The van der Waals surface area contributed by atoms with Gasteiger partial charge in [0.1, 0.15) is 5.78 Å². The zero-order valence-corrected chi connectivity index (χ0v) is 10.8. The first kappa shape index (κ1) is 12.3. The predicted octanol–water partition coefficient (Wildman–Crippen LogP) is 2.67. The average molecular weight is 231 g/mol. The van der Waals surface area contributed by atoms with Gasteiger partial charge >= 0.3 is 0 Å². The van der Waals surface area contributed by atoms with E-state index in [0.717, 1.165) is 25.9 Å². The molecule has 2 rings (SSSR count). The lowest BCUT2D eigenvalue weighted by molar-refractivity contribution is -0.125. The molecule has 2 nitrogen and oxygen atoms in total. The number of piperidine rings is 1. The maximum absolute atomic E-state index is 11.5. The molecule has 0 unspecified atom stereocenters. The van der Waals surface area contributed by atoms with Crippen LogP contribution in [-0.2, 0) is 11.2 Å². The summed E-state index contributed by atoms with van der Waals surface area (Å²) in [5, 5.41) is 0. The first-order valence-electron chi connectivity index (χ1n) is 6.39. The minimum atomic E-state index is 0.0319. The van der Waals surface area contributed by atoms with Crippen molar-refractivity contribution in [2.45, 2.75) is 38.6 Å². The van der Waals surface area contributed by atoms with Crippen molar-refractivity contribution in [1.29, 1.82) is 0 Å². The fourth-order valence-corrected chi connectivity index (χ4v) is 2.57. The first-order chi connectivity index (χ1) is 8.08. The van der Waals surface area contributed by atoms with E-state index in [4.69, 9.17) is 0 Å². The molecule has 0 amide bonds. The second kappa shape index (κ2) is 5.01. The molecule has 0 radical (unpaired) electrons. The number of hydrogen-bond acceptors (Lipinski definition) is 2. The van der Waals surface area contributed by atoms with Crippen molar-refractivity contribution in [3.63, 3.8) is 0 Å². The highest BCUT2D eigenvalue weighted by molar-refractivity contribution is 5.80. The number of benzene rings is 1. The van der Waals surface area contributed by atoms with E-state index in [1.165, 1.54) is 5.56 Å². The number of carbonyl (C=O) groups excluding carboxylic acids is 1. The van der Waals surface area contributed by atoms with Crippen molar-refractivity contribution in [3.05, 3.63) is 35.9 Å². The lowest BCUT2D eigenvalue weighted by atomic mass is 9.89. The Morgan fingerprint density at radius 3 is 2.59 bits per heavy atom. The number of Topliss-reactive ketones (excluding diaryl/α,β-unsaturated/α-hetero) is 1.